The van der Waals surface area contributed by atoms with Crippen molar-refractivity contribution in [1.29, 1.82) is 0 Å². The van der Waals surface area contributed by atoms with E-state index < -0.39 is 0 Å². The van der Waals surface area contributed by atoms with E-state index in [2.05, 4.69) is 104 Å². The number of rotatable bonds is 6. The number of nitrogens with zero attached hydrogens (tertiary/aromatic N) is 3. The zero-order valence-electron chi connectivity index (χ0n) is 22.9. The van der Waals surface area contributed by atoms with Crippen LogP contribution in [0.25, 0.3) is 44.4 Å². The van der Waals surface area contributed by atoms with Crippen molar-refractivity contribution in [1.82, 2.24) is 19.9 Å². The summed E-state index contributed by atoms with van der Waals surface area (Å²) >= 11 is 0. The van der Waals surface area contributed by atoms with Gasteiger partial charge < -0.3 is 15.6 Å². The van der Waals surface area contributed by atoms with Crippen molar-refractivity contribution >= 4 is 33.7 Å². The largest absolute Gasteiger partial charge is 0.366 e. The van der Waals surface area contributed by atoms with Crippen molar-refractivity contribution in [2.24, 2.45) is 0 Å². The molecule has 6 heteroatoms. The van der Waals surface area contributed by atoms with E-state index in [-0.39, 0.29) is 0 Å². The summed E-state index contributed by atoms with van der Waals surface area (Å²) in [7, 11) is 0. The van der Waals surface area contributed by atoms with Crippen molar-refractivity contribution in [3.63, 3.8) is 0 Å². The average Bonchev–Trinajstić information content (AvgIpc) is 3.81. The van der Waals surface area contributed by atoms with Gasteiger partial charge in [0.15, 0.2) is 0 Å². The maximum atomic E-state index is 4.84. The predicted molar refractivity (Wildman–Crippen MR) is 171 cm³/mol. The molecule has 5 heterocycles. The monoisotopic (exact) mass is 544 g/mol. The molecule has 1 aliphatic heterocycles. The Balaban J connectivity index is 1.14. The molecule has 0 amide bonds. The molecule has 0 bridgehead atoms. The molecule has 6 nitrogen and oxygen atoms in total. The molecule has 3 N–H and O–H groups in total. The SMILES string of the molecule is C1=C(c2cc3c(-c4cccnc4)cccc3[nH]2)c2cc(-c3cncc(NC(=C4CC4)c4ccccc4)c3)cnc2NC1. The molecule has 42 heavy (non-hydrogen) atoms. The number of benzene rings is 2. The van der Waals surface area contributed by atoms with Crippen LogP contribution in [-0.2, 0) is 0 Å². The van der Waals surface area contributed by atoms with Crippen LogP contribution < -0.4 is 10.6 Å². The number of fused-ring (bicyclic) bond motifs is 2. The van der Waals surface area contributed by atoms with Gasteiger partial charge in [0.1, 0.15) is 5.82 Å². The van der Waals surface area contributed by atoms with Crippen molar-refractivity contribution in [2.45, 2.75) is 12.8 Å². The summed E-state index contributed by atoms with van der Waals surface area (Å²) in [6, 6.07) is 27.6. The standard InChI is InChI=1S/C36H28N6/c1-2-6-23(7-3-1)35(24-11-12-24)41-28-16-26(20-38-22-28)27-17-32-30(13-15-39-36(32)40-21-27)34-18-31-29(9-4-10-33(31)42-34)25-8-5-14-37-19-25/h1-10,13-14,16-22,41-42H,11-12,15H2,(H,39,40). The fraction of sp³-hybridized carbons (Fsp3) is 0.0833. The number of nitrogens with one attached hydrogen (secondary N) is 3. The molecule has 0 saturated heterocycles. The van der Waals surface area contributed by atoms with Gasteiger partial charge in [0.2, 0.25) is 0 Å². The number of anilines is 2. The first-order valence-corrected chi connectivity index (χ1v) is 14.3. The average molecular weight is 545 g/mol. The summed E-state index contributed by atoms with van der Waals surface area (Å²) in [4.78, 5) is 17.4. The van der Waals surface area contributed by atoms with Crippen LogP contribution in [0, 0.1) is 0 Å². The first-order chi connectivity index (χ1) is 20.8. The van der Waals surface area contributed by atoms with Crippen LogP contribution in [-0.4, -0.2) is 26.5 Å². The summed E-state index contributed by atoms with van der Waals surface area (Å²) in [6.07, 6.45) is 13.9. The molecule has 202 valence electrons. The van der Waals surface area contributed by atoms with Gasteiger partial charge in [-0.15, -0.1) is 0 Å². The normalized spacial score (nSPS) is 13.7. The van der Waals surface area contributed by atoms with Crippen LogP contribution in [0.2, 0.25) is 0 Å². The van der Waals surface area contributed by atoms with Crippen molar-refractivity contribution in [3.8, 4) is 22.3 Å². The fourth-order valence-corrected chi connectivity index (χ4v) is 5.75. The number of hydrogen-bond donors (Lipinski definition) is 3. The Morgan fingerprint density at radius 3 is 2.48 bits per heavy atom. The fourth-order valence-electron chi connectivity index (χ4n) is 5.75. The topological polar surface area (TPSA) is 78.5 Å². The molecule has 0 atom stereocenters. The van der Waals surface area contributed by atoms with E-state index in [1.54, 1.807) is 6.20 Å². The smallest absolute Gasteiger partial charge is 0.134 e. The maximum absolute atomic E-state index is 4.84. The lowest BCUT2D eigenvalue weighted by Crippen LogP contribution is -2.11. The maximum Gasteiger partial charge on any atom is 0.134 e. The van der Waals surface area contributed by atoms with Crippen molar-refractivity contribution in [3.05, 3.63) is 138 Å². The predicted octanol–water partition coefficient (Wildman–Crippen LogP) is 8.16. The molecule has 0 unspecified atom stereocenters. The van der Waals surface area contributed by atoms with E-state index >= 15 is 0 Å². The van der Waals surface area contributed by atoms with Gasteiger partial charge in [-0.05, 0) is 59.9 Å². The highest BCUT2D eigenvalue weighted by Gasteiger charge is 2.21. The molecule has 2 aromatic carbocycles. The quantitative estimate of drug-likeness (QED) is 0.197. The van der Waals surface area contributed by atoms with Crippen LogP contribution in [0.15, 0.2) is 121 Å². The first kappa shape index (κ1) is 24.3. The second-order valence-corrected chi connectivity index (χ2v) is 10.7. The highest BCUT2D eigenvalue weighted by molar-refractivity contribution is 5.99. The third-order valence-electron chi connectivity index (χ3n) is 7.94. The van der Waals surface area contributed by atoms with Crippen LogP contribution in [0.5, 0.6) is 0 Å². The lowest BCUT2D eigenvalue weighted by Gasteiger charge is -2.19. The molecule has 0 spiro atoms. The van der Waals surface area contributed by atoms with Crippen LogP contribution in [0.4, 0.5) is 11.5 Å². The summed E-state index contributed by atoms with van der Waals surface area (Å²) in [6.45, 7) is 0.720. The Bertz CT molecular complexity index is 2000. The van der Waals surface area contributed by atoms with E-state index in [1.807, 2.05) is 30.9 Å². The van der Waals surface area contributed by atoms with E-state index in [0.29, 0.717) is 0 Å². The zero-order chi connectivity index (χ0) is 27.9. The molecule has 1 saturated carbocycles. The van der Waals surface area contributed by atoms with E-state index in [0.717, 1.165) is 75.5 Å². The lowest BCUT2D eigenvalue weighted by molar-refractivity contribution is 1.18. The summed E-state index contributed by atoms with van der Waals surface area (Å²) in [5, 5.41) is 8.28. The van der Waals surface area contributed by atoms with Crippen LogP contribution in [0.1, 0.15) is 29.7 Å². The number of H-pyrrole nitrogens is 1. The Kier molecular flexibility index (Phi) is 5.88. The van der Waals surface area contributed by atoms with E-state index in [4.69, 9.17) is 4.98 Å². The third kappa shape index (κ3) is 4.53. The number of aromatic nitrogens is 4. The zero-order valence-corrected chi connectivity index (χ0v) is 22.9. The third-order valence-corrected chi connectivity index (χ3v) is 7.94. The molecule has 0 radical (unpaired) electrons. The Hall–Kier alpha value is -5.49. The molecule has 6 aromatic rings. The molecular weight excluding hydrogens is 516 g/mol. The van der Waals surface area contributed by atoms with Crippen LogP contribution >= 0.6 is 0 Å². The summed E-state index contributed by atoms with van der Waals surface area (Å²) in [5.74, 6) is 0.884. The van der Waals surface area contributed by atoms with Crippen molar-refractivity contribution in [2.75, 3.05) is 17.2 Å². The van der Waals surface area contributed by atoms with Gasteiger partial charge in [-0.1, -0.05) is 54.6 Å². The molecule has 4 aromatic heterocycles. The number of pyridine rings is 3. The van der Waals surface area contributed by atoms with Gasteiger partial charge in [-0.3, -0.25) is 9.97 Å². The second kappa shape index (κ2) is 10.2. The summed E-state index contributed by atoms with van der Waals surface area (Å²) < 4.78 is 0. The van der Waals surface area contributed by atoms with E-state index in [1.165, 1.54) is 22.2 Å². The number of hydrogen-bond acceptors (Lipinski definition) is 5. The summed E-state index contributed by atoms with van der Waals surface area (Å²) in [5.41, 5.74) is 13.5. The second-order valence-electron chi connectivity index (χ2n) is 10.7. The minimum absolute atomic E-state index is 0.720. The molecular formula is C36H28N6. The Morgan fingerprint density at radius 2 is 1.62 bits per heavy atom. The van der Waals surface area contributed by atoms with Gasteiger partial charge in [0.25, 0.3) is 0 Å². The molecule has 8 rings (SSSR count). The minimum Gasteiger partial charge on any atom is -0.366 e. The molecule has 1 aliphatic carbocycles. The minimum atomic E-state index is 0.720. The molecule has 2 aliphatic rings. The number of aromatic amines is 1. The van der Waals surface area contributed by atoms with Crippen molar-refractivity contribution < 1.29 is 0 Å². The van der Waals surface area contributed by atoms with Gasteiger partial charge in [-0.25, -0.2) is 4.98 Å². The highest BCUT2D eigenvalue weighted by atomic mass is 15.0. The van der Waals surface area contributed by atoms with Gasteiger partial charge in [-0.2, -0.15) is 0 Å². The number of allylic oxidation sites excluding steroid dienone is 1. The first-order valence-electron chi connectivity index (χ1n) is 14.3. The van der Waals surface area contributed by atoms with Gasteiger partial charge in [0.05, 0.1) is 11.9 Å². The molecule has 1 fully saturated rings. The van der Waals surface area contributed by atoms with Gasteiger partial charge >= 0.3 is 0 Å². The Labute approximate surface area is 243 Å². The highest BCUT2D eigenvalue weighted by Crippen LogP contribution is 2.39. The van der Waals surface area contributed by atoms with E-state index in [9.17, 15) is 0 Å². The van der Waals surface area contributed by atoms with Crippen LogP contribution in [0.3, 0.4) is 0 Å². The Morgan fingerprint density at radius 1 is 0.738 bits per heavy atom. The lowest BCUT2D eigenvalue weighted by atomic mass is 9.96. The van der Waals surface area contributed by atoms with Gasteiger partial charge in [0, 0.05) is 81.5 Å².